The van der Waals surface area contributed by atoms with Crippen molar-refractivity contribution in [2.75, 3.05) is 6.61 Å². The zero-order valence-electron chi connectivity index (χ0n) is 19.9. The molecule has 0 bridgehead atoms. The topological polar surface area (TPSA) is 76.0 Å². The van der Waals surface area contributed by atoms with Crippen molar-refractivity contribution in [3.63, 3.8) is 0 Å². The standard InChI is InChI=1S/C18H39O5P.C4H9.Na/c1-2-3-4-5-6-7-8-9-10-11-12-13-14-15-16-17-18-22-23-24(19,20)21;1-3-4-2;/h2-18H2,1H3,(H2,19,20,21);3H,4H2,1-2H3;. The van der Waals surface area contributed by atoms with E-state index in [0.717, 1.165) is 22.4 Å². The molecule has 0 heterocycles. The summed E-state index contributed by atoms with van der Waals surface area (Å²) in [6, 6.07) is 0. The average Bonchev–Trinajstić information content (AvgIpc) is 2.66. The molecule has 1 atom stereocenters. The van der Waals surface area contributed by atoms with Gasteiger partial charge in [-0.2, -0.15) is 0 Å². The van der Waals surface area contributed by atoms with Crippen molar-refractivity contribution < 1.29 is 23.9 Å². The van der Waals surface area contributed by atoms with Crippen molar-refractivity contribution in [1.82, 2.24) is 0 Å². The third kappa shape index (κ3) is 36.8. The van der Waals surface area contributed by atoms with Gasteiger partial charge >= 0.3 is 59.2 Å². The van der Waals surface area contributed by atoms with E-state index < -0.39 is 7.82 Å². The molecular formula is C22H48NaO5P. The molecule has 29 heavy (non-hydrogen) atoms. The normalized spacial score (nSPS) is 12.5. The van der Waals surface area contributed by atoms with Gasteiger partial charge in [0.15, 0.2) is 0 Å². The fraction of sp³-hybridized carbons (Fsp3) is 1.00. The molecule has 7 heteroatoms. The van der Waals surface area contributed by atoms with Crippen molar-refractivity contribution in [1.29, 1.82) is 0 Å². The summed E-state index contributed by atoms with van der Waals surface area (Å²) in [7, 11) is -4.48. The first-order valence-electron chi connectivity index (χ1n) is 12.2. The Hall–Kier alpha value is 1.07. The van der Waals surface area contributed by atoms with E-state index in [9.17, 15) is 4.57 Å². The molecule has 0 aromatic rings. The first kappa shape index (κ1) is 32.3. The Morgan fingerprint density at radius 2 is 1.03 bits per heavy atom. The maximum atomic E-state index is 10.4. The third-order valence-corrected chi connectivity index (χ3v) is 6.16. The number of unbranched alkanes of at least 4 members (excludes halogenated alkanes) is 15. The second kappa shape index (κ2) is 25.3. The van der Waals surface area contributed by atoms with Gasteiger partial charge in [0.1, 0.15) is 0 Å². The van der Waals surface area contributed by atoms with Gasteiger partial charge in [-0.3, -0.25) is 0 Å². The van der Waals surface area contributed by atoms with Crippen LogP contribution in [0.2, 0.25) is 3.17 Å². The summed E-state index contributed by atoms with van der Waals surface area (Å²) in [5.74, 6) is 0. The van der Waals surface area contributed by atoms with Crippen LogP contribution in [0, 0.1) is 0 Å². The Bertz CT molecular complexity index is 350. The minimum atomic E-state index is -4.48. The van der Waals surface area contributed by atoms with Crippen molar-refractivity contribution in [2.45, 2.75) is 133 Å². The van der Waals surface area contributed by atoms with Crippen molar-refractivity contribution >= 4 is 35.8 Å². The fourth-order valence-corrected chi connectivity index (χ4v) is 3.03. The Kier molecular flexibility index (Phi) is 28.2. The van der Waals surface area contributed by atoms with Crippen molar-refractivity contribution in [3.8, 4) is 0 Å². The monoisotopic (exact) mass is 446 g/mol. The predicted molar refractivity (Wildman–Crippen MR) is 124 cm³/mol. The van der Waals surface area contributed by atoms with Crippen LogP contribution in [0.15, 0.2) is 0 Å². The summed E-state index contributed by atoms with van der Waals surface area (Å²) < 4.78 is 15.3. The van der Waals surface area contributed by atoms with Crippen LogP contribution in [-0.2, 0) is 14.1 Å². The molecule has 172 valence electrons. The fourth-order valence-electron chi connectivity index (χ4n) is 2.82. The molecule has 2 N–H and O–H groups in total. The summed E-state index contributed by atoms with van der Waals surface area (Å²) in [5.41, 5.74) is 0. The molecule has 0 radical (unpaired) electrons. The first-order valence-corrected chi connectivity index (χ1v) is 14.9. The summed E-state index contributed by atoms with van der Waals surface area (Å²) >= 11 is 1.37. The number of phosphoric acid groups is 1. The molecule has 0 saturated heterocycles. The molecule has 0 rings (SSSR count). The number of hydrogen-bond acceptors (Lipinski definition) is 3. The van der Waals surface area contributed by atoms with Crippen LogP contribution >= 0.6 is 7.82 Å². The number of rotatable bonds is 20. The van der Waals surface area contributed by atoms with E-state index >= 15 is 0 Å². The van der Waals surface area contributed by atoms with E-state index in [0.29, 0.717) is 0 Å². The van der Waals surface area contributed by atoms with Crippen LogP contribution in [0.4, 0.5) is 0 Å². The Morgan fingerprint density at radius 3 is 1.31 bits per heavy atom. The summed E-state index contributed by atoms with van der Waals surface area (Å²) in [5, 5.41) is 0. The van der Waals surface area contributed by atoms with Crippen LogP contribution < -0.4 is 0 Å². The molecule has 5 nitrogen and oxygen atoms in total. The van der Waals surface area contributed by atoms with Gasteiger partial charge in [-0.1, -0.05) is 103 Å². The molecule has 0 spiro atoms. The third-order valence-electron chi connectivity index (χ3n) is 5.05. The van der Waals surface area contributed by atoms with E-state index in [-0.39, 0.29) is 6.61 Å². The Labute approximate surface area is 198 Å². The minimum absolute atomic E-state index is 0.240. The number of hydrogen-bond donors (Lipinski definition) is 2. The Balaban J connectivity index is 0. The van der Waals surface area contributed by atoms with Gasteiger partial charge in [0, 0.05) is 0 Å². The van der Waals surface area contributed by atoms with Crippen LogP contribution in [0.1, 0.15) is 130 Å². The average molecular weight is 447 g/mol. The predicted octanol–water partition coefficient (Wildman–Crippen LogP) is 7.66. The quantitative estimate of drug-likeness (QED) is 0.0660. The summed E-state index contributed by atoms with van der Waals surface area (Å²) in [6.45, 7) is 7.02. The van der Waals surface area contributed by atoms with Crippen LogP contribution in [0.5, 0.6) is 0 Å². The molecule has 0 fully saturated rings. The molecule has 0 aromatic heterocycles. The Morgan fingerprint density at radius 1 is 0.724 bits per heavy atom. The van der Waals surface area contributed by atoms with Crippen LogP contribution in [0.3, 0.4) is 0 Å². The zero-order valence-corrected chi connectivity index (χ0v) is 22.8. The molecular weight excluding hydrogens is 398 g/mol. The van der Waals surface area contributed by atoms with Gasteiger partial charge in [-0.25, -0.2) is 9.45 Å². The van der Waals surface area contributed by atoms with Gasteiger partial charge in [0.2, 0.25) is 0 Å². The van der Waals surface area contributed by atoms with Gasteiger partial charge in [-0.05, 0) is 6.42 Å². The summed E-state index contributed by atoms with van der Waals surface area (Å²) in [6.07, 6.45) is 22.1. The van der Waals surface area contributed by atoms with E-state index in [1.54, 1.807) is 0 Å². The maximum absolute atomic E-state index is 10.4. The van der Waals surface area contributed by atoms with E-state index in [1.807, 2.05) is 0 Å². The van der Waals surface area contributed by atoms with E-state index in [2.05, 4.69) is 30.3 Å². The van der Waals surface area contributed by atoms with Crippen LogP contribution in [0.25, 0.3) is 0 Å². The molecule has 0 aromatic carbocycles. The SMILES string of the molecule is CCCCCCCCCCCCCCCCCCOOP(=O)(O)O.CC[CH](C)[Na]. The molecule has 0 aliphatic rings. The van der Waals surface area contributed by atoms with E-state index in [4.69, 9.17) is 9.79 Å². The van der Waals surface area contributed by atoms with Gasteiger partial charge in [0.05, 0.1) is 6.61 Å². The van der Waals surface area contributed by atoms with Crippen molar-refractivity contribution in [2.24, 2.45) is 0 Å². The second-order valence-corrected chi connectivity index (χ2v) is 11.6. The second-order valence-electron chi connectivity index (χ2n) is 8.49. The van der Waals surface area contributed by atoms with E-state index in [1.165, 1.54) is 118 Å². The van der Waals surface area contributed by atoms with Gasteiger partial charge in [-0.15, -0.1) is 4.67 Å². The van der Waals surface area contributed by atoms with Crippen LogP contribution in [-0.4, -0.2) is 44.3 Å². The molecule has 0 saturated carbocycles. The first-order chi connectivity index (χ1) is 13.8. The van der Waals surface area contributed by atoms with Crippen molar-refractivity contribution in [3.05, 3.63) is 0 Å². The zero-order chi connectivity index (χ0) is 22.2. The summed E-state index contributed by atoms with van der Waals surface area (Å²) in [4.78, 5) is 21.3. The molecule has 0 aliphatic carbocycles. The molecule has 0 aliphatic heterocycles. The molecule has 1 unspecified atom stereocenters. The van der Waals surface area contributed by atoms with Gasteiger partial charge in [0.25, 0.3) is 0 Å². The van der Waals surface area contributed by atoms with Gasteiger partial charge < -0.3 is 9.79 Å². The molecule has 0 amide bonds.